The molecule has 16 heavy (non-hydrogen) atoms. The first-order chi connectivity index (χ1) is 7.57. The fourth-order valence-electron chi connectivity index (χ4n) is 1.70. The van der Waals surface area contributed by atoms with Crippen molar-refractivity contribution < 1.29 is 13.2 Å². The first-order valence-electron chi connectivity index (χ1n) is 5.12. The topological polar surface area (TPSA) is 0 Å². The summed E-state index contributed by atoms with van der Waals surface area (Å²) in [4.78, 5) is 0. The van der Waals surface area contributed by atoms with Crippen molar-refractivity contribution in [2.24, 2.45) is 0 Å². The Bertz CT molecular complexity index is 439. The molecule has 1 aliphatic carbocycles. The van der Waals surface area contributed by atoms with Crippen molar-refractivity contribution in [3.05, 3.63) is 53.6 Å². The molecule has 3 heteroatoms. The van der Waals surface area contributed by atoms with Crippen molar-refractivity contribution >= 4 is 5.57 Å². The molecule has 0 saturated heterocycles. The van der Waals surface area contributed by atoms with Gasteiger partial charge < -0.3 is 0 Å². The van der Waals surface area contributed by atoms with Gasteiger partial charge in [0, 0.05) is 0 Å². The lowest BCUT2D eigenvalue weighted by Gasteiger charge is -2.11. The van der Waals surface area contributed by atoms with Gasteiger partial charge >= 0.3 is 6.18 Å². The summed E-state index contributed by atoms with van der Waals surface area (Å²) in [6, 6.07) is 5.44. The van der Waals surface area contributed by atoms with E-state index in [0.29, 0.717) is 5.56 Å². The molecular weight excluding hydrogens is 213 g/mol. The first-order valence-corrected chi connectivity index (χ1v) is 5.12. The van der Waals surface area contributed by atoms with Crippen LogP contribution in [0.25, 0.3) is 5.57 Å². The molecule has 0 bridgehead atoms. The Morgan fingerprint density at radius 2 is 1.88 bits per heavy atom. The molecule has 0 N–H and O–H groups in total. The highest BCUT2D eigenvalue weighted by Gasteiger charge is 2.30. The van der Waals surface area contributed by atoms with Gasteiger partial charge in [-0.25, -0.2) is 0 Å². The Morgan fingerprint density at radius 1 is 1.06 bits per heavy atom. The number of hydrogen-bond acceptors (Lipinski definition) is 0. The molecule has 0 radical (unpaired) electrons. The second-order valence-electron chi connectivity index (χ2n) is 3.72. The van der Waals surface area contributed by atoms with Crippen LogP contribution in [0.3, 0.4) is 0 Å². The maximum atomic E-state index is 12.5. The largest absolute Gasteiger partial charge is 0.416 e. The van der Waals surface area contributed by atoms with Gasteiger partial charge in [-0.2, -0.15) is 13.2 Å². The zero-order valence-corrected chi connectivity index (χ0v) is 8.59. The molecule has 0 atom stereocenters. The van der Waals surface area contributed by atoms with Crippen LogP contribution < -0.4 is 0 Å². The maximum absolute atomic E-state index is 12.5. The predicted molar refractivity (Wildman–Crippen MR) is 57.8 cm³/mol. The summed E-state index contributed by atoms with van der Waals surface area (Å²) >= 11 is 0. The van der Waals surface area contributed by atoms with E-state index in [1.165, 1.54) is 12.1 Å². The molecule has 0 aromatic heterocycles. The second kappa shape index (κ2) is 4.16. The number of rotatable bonds is 1. The third-order valence-electron chi connectivity index (χ3n) is 2.52. The summed E-state index contributed by atoms with van der Waals surface area (Å²) < 4.78 is 37.5. The lowest BCUT2D eigenvalue weighted by Crippen LogP contribution is -2.05. The number of benzene rings is 1. The standard InChI is InChI=1S/C13H11F3/c14-13(15,16)12-8-4-7-11(9-12)10-5-2-1-3-6-10/h2,4-9H,1,3H2. The zero-order valence-electron chi connectivity index (χ0n) is 8.59. The van der Waals surface area contributed by atoms with Crippen LogP contribution in [0.5, 0.6) is 0 Å². The van der Waals surface area contributed by atoms with E-state index in [-0.39, 0.29) is 0 Å². The Labute approximate surface area is 92.1 Å². The van der Waals surface area contributed by atoms with E-state index < -0.39 is 11.7 Å². The van der Waals surface area contributed by atoms with E-state index in [9.17, 15) is 13.2 Å². The normalized spacial score (nSPS) is 16.1. The Balaban J connectivity index is 2.36. The fraction of sp³-hybridized carbons (Fsp3) is 0.231. The third-order valence-corrected chi connectivity index (χ3v) is 2.52. The zero-order chi connectivity index (χ0) is 11.6. The summed E-state index contributed by atoms with van der Waals surface area (Å²) in [5, 5.41) is 0. The molecule has 84 valence electrons. The van der Waals surface area contributed by atoms with Crippen LogP contribution in [0.15, 0.2) is 42.5 Å². The molecule has 0 aliphatic heterocycles. The van der Waals surface area contributed by atoms with Crippen LogP contribution in [0.1, 0.15) is 24.0 Å². The first kappa shape index (κ1) is 11.0. The van der Waals surface area contributed by atoms with Crippen molar-refractivity contribution in [3.8, 4) is 0 Å². The second-order valence-corrected chi connectivity index (χ2v) is 3.72. The van der Waals surface area contributed by atoms with Crippen LogP contribution in [0, 0.1) is 0 Å². The maximum Gasteiger partial charge on any atom is 0.416 e. The van der Waals surface area contributed by atoms with Gasteiger partial charge in [0.2, 0.25) is 0 Å². The molecule has 2 rings (SSSR count). The van der Waals surface area contributed by atoms with Gasteiger partial charge in [0.05, 0.1) is 5.56 Å². The summed E-state index contributed by atoms with van der Waals surface area (Å²) in [5.41, 5.74) is 0.910. The van der Waals surface area contributed by atoms with Crippen molar-refractivity contribution in [2.45, 2.75) is 19.0 Å². The lowest BCUT2D eigenvalue weighted by molar-refractivity contribution is -0.137. The quantitative estimate of drug-likeness (QED) is 0.661. The SMILES string of the molecule is FC(F)(F)c1cccc(C2=CCCC=C2)c1. The smallest absolute Gasteiger partial charge is 0.166 e. The molecule has 0 fully saturated rings. The molecular formula is C13H11F3. The Morgan fingerprint density at radius 3 is 2.50 bits per heavy atom. The van der Waals surface area contributed by atoms with Gasteiger partial charge in [-0.1, -0.05) is 30.4 Å². The molecule has 0 unspecified atom stereocenters. The van der Waals surface area contributed by atoms with Gasteiger partial charge in [0.15, 0.2) is 0 Å². The molecule has 0 heterocycles. The van der Waals surface area contributed by atoms with Gasteiger partial charge in [-0.15, -0.1) is 0 Å². The van der Waals surface area contributed by atoms with Gasteiger partial charge in [0.25, 0.3) is 0 Å². The highest BCUT2D eigenvalue weighted by molar-refractivity contribution is 5.75. The summed E-state index contributed by atoms with van der Waals surface area (Å²) in [7, 11) is 0. The number of hydrogen-bond donors (Lipinski definition) is 0. The number of halogens is 3. The molecule has 0 nitrogen and oxygen atoms in total. The molecule has 1 aliphatic rings. The average Bonchev–Trinajstić information content (AvgIpc) is 2.29. The van der Waals surface area contributed by atoms with E-state index in [2.05, 4.69) is 0 Å². The highest BCUT2D eigenvalue weighted by Crippen LogP contribution is 2.31. The summed E-state index contributed by atoms with van der Waals surface area (Å²) in [6.45, 7) is 0. The number of alkyl halides is 3. The van der Waals surface area contributed by atoms with Crippen molar-refractivity contribution in [1.82, 2.24) is 0 Å². The highest BCUT2D eigenvalue weighted by atomic mass is 19.4. The lowest BCUT2D eigenvalue weighted by atomic mass is 9.98. The van der Waals surface area contributed by atoms with Crippen molar-refractivity contribution in [3.63, 3.8) is 0 Å². The van der Waals surface area contributed by atoms with Gasteiger partial charge in [-0.05, 0) is 36.1 Å². The van der Waals surface area contributed by atoms with E-state index >= 15 is 0 Å². The van der Waals surface area contributed by atoms with Crippen molar-refractivity contribution in [2.75, 3.05) is 0 Å². The van der Waals surface area contributed by atoms with Crippen molar-refractivity contribution in [1.29, 1.82) is 0 Å². The molecule has 1 aromatic carbocycles. The van der Waals surface area contributed by atoms with Crippen LogP contribution >= 0.6 is 0 Å². The minimum Gasteiger partial charge on any atom is -0.166 e. The van der Waals surface area contributed by atoms with Crippen LogP contribution in [-0.4, -0.2) is 0 Å². The van der Waals surface area contributed by atoms with E-state index in [1.807, 2.05) is 18.2 Å². The van der Waals surface area contributed by atoms with E-state index in [1.54, 1.807) is 6.07 Å². The van der Waals surface area contributed by atoms with E-state index in [0.717, 1.165) is 24.5 Å². The molecule has 0 spiro atoms. The summed E-state index contributed by atoms with van der Waals surface area (Å²) in [5.74, 6) is 0. The van der Waals surface area contributed by atoms with Crippen LogP contribution in [0.2, 0.25) is 0 Å². The third kappa shape index (κ3) is 2.35. The Kier molecular flexibility index (Phi) is 2.86. The Hall–Kier alpha value is -1.51. The predicted octanol–water partition coefficient (Wildman–Crippen LogP) is 4.44. The van der Waals surface area contributed by atoms with Crippen LogP contribution in [-0.2, 0) is 6.18 Å². The fourth-order valence-corrected chi connectivity index (χ4v) is 1.70. The minimum absolute atomic E-state index is 0.593. The average molecular weight is 224 g/mol. The molecule has 0 amide bonds. The van der Waals surface area contributed by atoms with Gasteiger partial charge in [0.1, 0.15) is 0 Å². The monoisotopic (exact) mass is 224 g/mol. The molecule has 0 saturated carbocycles. The van der Waals surface area contributed by atoms with Gasteiger partial charge in [-0.3, -0.25) is 0 Å². The molecule has 1 aromatic rings. The summed E-state index contributed by atoms with van der Waals surface area (Å²) in [6.07, 6.45) is 3.41. The number of allylic oxidation sites excluding steroid dienone is 4. The minimum atomic E-state index is -4.27. The van der Waals surface area contributed by atoms with E-state index in [4.69, 9.17) is 0 Å². The van der Waals surface area contributed by atoms with Crippen LogP contribution in [0.4, 0.5) is 13.2 Å².